The van der Waals surface area contributed by atoms with Gasteiger partial charge < -0.3 is 29.9 Å². The second-order valence-corrected chi connectivity index (χ2v) is 9.83. The van der Waals surface area contributed by atoms with Gasteiger partial charge in [-0.25, -0.2) is 9.97 Å². The first-order valence-corrected chi connectivity index (χ1v) is 12.3. The van der Waals surface area contributed by atoms with E-state index in [1.54, 1.807) is 32.2 Å². The highest BCUT2D eigenvalue weighted by atomic mass is 35.5. The minimum Gasteiger partial charge on any atom is -0.455 e. The van der Waals surface area contributed by atoms with Crippen LogP contribution in [-0.2, 0) is 11.2 Å². The van der Waals surface area contributed by atoms with Crippen molar-refractivity contribution in [2.75, 3.05) is 36.5 Å². The normalized spacial score (nSPS) is 13.0. The van der Waals surface area contributed by atoms with Crippen LogP contribution in [-0.4, -0.2) is 52.4 Å². The van der Waals surface area contributed by atoms with Gasteiger partial charge in [-0.1, -0.05) is 22.8 Å². The van der Waals surface area contributed by atoms with Crippen molar-refractivity contribution in [3.63, 3.8) is 0 Å². The summed E-state index contributed by atoms with van der Waals surface area (Å²) in [5.74, 6) is 1.56. The standard InChI is InChI=1S/C26H27ClN6O4/c1-26(2,14-34)25(35)28-9-11-33-10-8-19-23(33)24(30-15-29-19)32-16-6-7-22(18(27)12-16)36-20-4-3-5-21-17(20)13-31-37-21/h3-7,12-13,15,34H,8-11,14H2,1-2H3,(H,28,35)(H,29,30,32). The van der Waals surface area contributed by atoms with E-state index in [2.05, 4.69) is 30.7 Å². The smallest absolute Gasteiger partial charge is 0.228 e. The molecule has 2 aromatic carbocycles. The van der Waals surface area contributed by atoms with Crippen molar-refractivity contribution in [3.05, 3.63) is 59.6 Å². The van der Waals surface area contributed by atoms with Crippen LogP contribution >= 0.6 is 11.6 Å². The molecule has 192 valence electrons. The van der Waals surface area contributed by atoms with E-state index in [9.17, 15) is 9.90 Å². The van der Waals surface area contributed by atoms with Gasteiger partial charge in [0.1, 0.15) is 23.5 Å². The Morgan fingerprint density at radius 2 is 2.11 bits per heavy atom. The number of aromatic nitrogens is 3. The Kier molecular flexibility index (Phi) is 6.86. The van der Waals surface area contributed by atoms with E-state index in [0.717, 1.165) is 35.4 Å². The van der Waals surface area contributed by atoms with Gasteiger partial charge in [0, 0.05) is 31.7 Å². The Hall–Kier alpha value is -3.89. The lowest BCUT2D eigenvalue weighted by Crippen LogP contribution is -2.42. The largest absolute Gasteiger partial charge is 0.455 e. The SMILES string of the molecule is CC(C)(CO)C(=O)NCCN1CCc2ncnc(Nc3ccc(Oc4cccc5oncc45)c(Cl)c3)c21. The number of aliphatic hydroxyl groups excluding tert-OH is 1. The Morgan fingerprint density at radius 1 is 1.24 bits per heavy atom. The third-order valence-corrected chi connectivity index (χ3v) is 6.58. The monoisotopic (exact) mass is 522 g/mol. The van der Waals surface area contributed by atoms with Gasteiger partial charge in [0.15, 0.2) is 11.4 Å². The molecule has 0 radical (unpaired) electrons. The number of anilines is 3. The zero-order valence-electron chi connectivity index (χ0n) is 20.5. The molecule has 0 atom stereocenters. The van der Waals surface area contributed by atoms with Gasteiger partial charge in [0.25, 0.3) is 0 Å². The fraction of sp³-hybridized carbons (Fsp3) is 0.308. The number of hydrogen-bond donors (Lipinski definition) is 3. The van der Waals surface area contributed by atoms with E-state index in [0.29, 0.717) is 41.0 Å². The van der Waals surface area contributed by atoms with Crippen LogP contribution in [0.5, 0.6) is 11.5 Å². The summed E-state index contributed by atoms with van der Waals surface area (Å²) in [5.41, 5.74) is 2.38. The van der Waals surface area contributed by atoms with Crippen LogP contribution in [0.2, 0.25) is 5.02 Å². The van der Waals surface area contributed by atoms with Gasteiger partial charge in [0.05, 0.1) is 34.3 Å². The molecule has 11 heteroatoms. The molecule has 1 aliphatic heterocycles. The third kappa shape index (κ3) is 5.16. The first-order chi connectivity index (χ1) is 17.9. The summed E-state index contributed by atoms with van der Waals surface area (Å²) < 4.78 is 11.2. The fourth-order valence-corrected chi connectivity index (χ4v) is 4.30. The highest BCUT2D eigenvalue weighted by Gasteiger charge is 2.28. The maximum absolute atomic E-state index is 12.3. The Bertz CT molecular complexity index is 1440. The number of hydrogen-bond acceptors (Lipinski definition) is 9. The number of carbonyl (C=O) groups excluding carboxylic acids is 1. The predicted octanol–water partition coefficient (Wildman–Crippen LogP) is 4.30. The quantitative estimate of drug-likeness (QED) is 0.295. The van der Waals surface area contributed by atoms with Crippen LogP contribution in [0, 0.1) is 5.41 Å². The van der Waals surface area contributed by atoms with Crippen LogP contribution in [0.25, 0.3) is 11.0 Å². The van der Waals surface area contributed by atoms with Gasteiger partial charge in [-0.15, -0.1) is 0 Å². The van der Waals surface area contributed by atoms with E-state index >= 15 is 0 Å². The number of nitrogens with one attached hydrogen (secondary N) is 2. The van der Waals surface area contributed by atoms with Crippen LogP contribution in [0.15, 0.2) is 53.4 Å². The summed E-state index contributed by atoms with van der Waals surface area (Å²) in [6.45, 7) is 5.00. The van der Waals surface area contributed by atoms with Crippen LogP contribution in [0.3, 0.4) is 0 Å². The molecule has 0 saturated carbocycles. The van der Waals surface area contributed by atoms with Crippen LogP contribution in [0.4, 0.5) is 17.2 Å². The molecule has 3 heterocycles. The first-order valence-electron chi connectivity index (χ1n) is 11.9. The van der Waals surface area contributed by atoms with Gasteiger partial charge in [-0.3, -0.25) is 4.79 Å². The molecule has 0 unspecified atom stereocenters. The molecular weight excluding hydrogens is 496 g/mol. The summed E-state index contributed by atoms with van der Waals surface area (Å²) in [4.78, 5) is 23.3. The number of benzene rings is 2. The summed E-state index contributed by atoms with van der Waals surface area (Å²) in [5, 5.41) is 20.7. The van der Waals surface area contributed by atoms with Crippen molar-refractivity contribution in [2.24, 2.45) is 5.41 Å². The molecule has 0 fully saturated rings. The summed E-state index contributed by atoms with van der Waals surface area (Å²) in [6, 6.07) is 10.9. The second-order valence-electron chi connectivity index (χ2n) is 9.42. The molecule has 0 saturated heterocycles. The Morgan fingerprint density at radius 3 is 2.92 bits per heavy atom. The highest BCUT2D eigenvalue weighted by Crippen LogP contribution is 2.38. The molecule has 5 rings (SSSR count). The zero-order chi connectivity index (χ0) is 26.0. The molecule has 1 aliphatic rings. The molecule has 10 nitrogen and oxygen atoms in total. The lowest BCUT2D eigenvalue weighted by atomic mass is 9.94. The minimum absolute atomic E-state index is 0.186. The van der Waals surface area contributed by atoms with Gasteiger partial charge in [-0.2, -0.15) is 0 Å². The molecular formula is C26H27ClN6O4. The van der Waals surface area contributed by atoms with E-state index in [-0.39, 0.29) is 12.5 Å². The van der Waals surface area contributed by atoms with Gasteiger partial charge >= 0.3 is 0 Å². The number of rotatable bonds is 9. The van der Waals surface area contributed by atoms with Crippen molar-refractivity contribution < 1.29 is 19.2 Å². The zero-order valence-corrected chi connectivity index (χ0v) is 21.2. The van der Waals surface area contributed by atoms with Gasteiger partial charge in [-0.05, 0) is 44.2 Å². The molecule has 1 amide bonds. The number of nitrogens with zero attached hydrogens (tertiary/aromatic N) is 4. The lowest BCUT2D eigenvalue weighted by Gasteiger charge is -2.24. The number of halogens is 1. The summed E-state index contributed by atoms with van der Waals surface area (Å²) in [6.07, 6.45) is 3.92. The highest BCUT2D eigenvalue weighted by molar-refractivity contribution is 6.32. The van der Waals surface area contributed by atoms with E-state index < -0.39 is 5.41 Å². The maximum atomic E-state index is 12.3. The molecule has 3 N–H and O–H groups in total. The van der Waals surface area contributed by atoms with Crippen molar-refractivity contribution in [3.8, 4) is 11.5 Å². The van der Waals surface area contributed by atoms with E-state index in [1.165, 1.54) is 6.33 Å². The number of carbonyl (C=O) groups is 1. The molecule has 0 bridgehead atoms. The average molecular weight is 523 g/mol. The van der Waals surface area contributed by atoms with Crippen LogP contribution in [0.1, 0.15) is 19.5 Å². The van der Waals surface area contributed by atoms with E-state index in [4.69, 9.17) is 20.9 Å². The topological polar surface area (TPSA) is 126 Å². The third-order valence-electron chi connectivity index (χ3n) is 6.28. The van der Waals surface area contributed by atoms with Crippen LogP contribution < -0.4 is 20.3 Å². The number of fused-ring (bicyclic) bond motifs is 2. The lowest BCUT2D eigenvalue weighted by molar-refractivity contribution is -0.131. The number of amides is 1. The van der Waals surface area contributed by atoms with Crippen molar-refractivity contribution >= 4 is 45.7 Å². The Labute approximate surface area is 218 Å². The molecule has 37 heavy (non-hydrogen) atoms. The van der Waals surface area contributed by atoms with Crippen molar-refractivity contribution in [1.29, 1.82) is 0 Å². The van der Waals surface area contributed by atoms with Crippen molar-refractivity contribution in [1.82, 2.24) is 20.4 Å². The van der Waals surface area contributed by atoms with Gasteiger partial charge in [0.2, 0.25) is 5.91 Å². The minimum atomic E-state index is -0.824. The first kappa shape index (κ1) is 24.8. The molecule has 0 aliphatic carbocycles. The summed E-state index contributed by atoms with van der Waals surface area (Å²) in [7, 11) is 0. The predicted molar refractivity (Wildman–Crippen MR) is 141 cm³/mol. The second kappa shape index (κ2) is 10.2. The number of ether oxygens (including phenoxy) is 1. The average Bonchev–Trinajstić information content (AvgIpc) is 3.54. The summed E-state index contributed by atoms with van der Waals surface area (Å²) >= 11 is 6.56. The number of aliphatic hydroxyl groups is 1. The fourth-order valence-electron chi connectivity index (χ4n) is 4.09. The maximum Gasteiger partial charge on any atom is 0.228 e. The Balaban J connectivity index is 1.29. The van der Waals surface area contributed by atoms with E-state index in [1.807, 2.05) is 24.3 Å². The molecule has 0 spiro atoms. The molecule has 4 aromatic rings. The van der Waals surface area contributed by atoms with Crippen molar-refractivity contribution in [2.45, 2.75) is 20.3 Å². The molecule has 2 aromatic heterocycles.